The van der Waals surface area contributed by atoms with Crippen LogP contribution < -0.4 is 16.5 Å². The van der Waals surface area contributed by atoms with Crippen molar-refractivity contribution in [2.24, 2.45) is 15.8 Å². The van der Waals surface area contributed by atoms with E-state index in [0.717, 1.165) is 18.3 Å². The number of rotatable bonds is 5. The summed E-state index contributed by atoms with van der Waals surface area (Å²) in [7, 11) is 0. The zero-order valence-corrected chi connectivity index (χ0v) is 19.3. The Labute approximate surface area is 209 Å². The first-order chi connectivity index (χ1) is 17.7. The van der Waals surface area contributed by atoms with E-state index in [1.54, 1.807) is 30.7 Å². The molecule has 1 aromatic carbocycles. The molecule has 0 aliphatic carbocycles. The number of allylic oxidation sites excluding steroid dienone is 1. The second-order valence-electron chi connectivity index (χ2n) is 8.63. The lowest BCUT2D eigenvalue weighted by Gasteiger charge is -2.30. The highest BCUT2D eigenvalue weighted by Crippen LogP contribution is 2.34. The number of hydrogen-bond donors (Lipinski definition) is 4. The first kappa shape index (κ1) is 24.9. The quantitative estimate of drug-likeness (QED) is 0.356. The van der Waals surface area contributed by atoms with Crippen molar-refractivity contribution in [3.8, 4) is 0 Å². The molecular weight excluding hydrogens is 491 g/mol. The van der Waals surface area contributed by atoms with Gasteiger partial charge in [0.25, 0.3) is 11.7 Å². The molecule has 192 valence electrons. The summed E-state index contributed by atoms with van der Waals surface area (Å²) in [6.45, 7) is 0.698. The Bertz CT molecular complexity index is 1330. The monoisotopic (exact) mass is 514 g/mol. The maximum Gasteiger partial charge on any atom is 0.416 e. The van der Waals surface area contributed by atoms with E-state index in [1.807, 2.05) is 0 Å². The number of aliphatic hydroxyl groups excluding tert-OH is 1. The second kappa shape index (κ2) is 9.61. The highest BCUT2D eigenvalue weighted by molar-refractivity contribution is 6.05. The molecule has 1 aromatic heterocycles. The third-order valence-corrected chi connectivity index (χ3v) is 6.17. The molecule has 37 heavy (non-hydrogen) atoms. The SMILES string of the molecule is N[N+]12C=CN=CC1=C([C@H]1CN[C@@H](CO)CO1)N=C2c1ccc(C(=O)Nc2cc(C(F)(F)F)ccn2)cc1. The van der Waals surface area contributed by atoms with Gasteiger partial charge in [-0.15, -0.1) is 4.59 Å². The van der Waals surface area contributed by atoms with Gasteiger partial charge in [-0.25, -0.2) is 4.98 Å². The van der Waals surface area contributed by atoms with E-state index in [0.29, 0.717) is 35.9 Å². The number of halogens is 3. The average Bonchev–Trinajstić information content (AvgIpc) is 3.21. The number of carbonyl (C=O) groups excluding carboxylic acids is 1. The Balaban J connectivity index is 1.37. The number of benzene rings is 1. The first-order valence-corrected chi connectivity index (χ1v) is 11.3. The maximum absolute atomic E-state index is 12.9. The van der Waals surface area contributed by atoms with Crippen LogP contribution in [0.15, 0.2) is 76.4 Å². The molecule has 13 heteroatoms. The van der Waals surface area contributed by atoms with E-state index in [1.165, 1.54) is 12.1 Å². The van der Waals surface area contributed by atoms with E-state index in [4.69, 9.17) is 15.6 Å². The van der Waals surface area contributed by atoms with Gasteiger partial charge in [0.1, 0.15) is 23.8 Å². The number of alkyl halides is 3. The van der Waals surface area contributed by atoms with Crippen LogP contribution in [0.25, 0.3) is 0 Å². The smallest absolute Gasteiger partial charge is 0.395 e. The van der Waals surface area contributed by atoms with Gasteiger partial charge in [0.05, 0.1) is 42.8 Å². The Morgan fingerprint density at radius 2 is 2.05 bits per heavy atom. The number of quaternary nitrogens is 1. The number of anilines is 1. The van der Waals surface area contributed by atoms with Crippen molar-refractivity contribution in [1.82, 2.24) is 10.3 Å². The number of amides is 1. The standard InChI is InChI=1S/C24H22F3N7O3/c25-24(26,27)16-5-6-30-20(9-16)32-23(36)15-3-1-14(2-4-15)22-33-21(18-10-29-7-8-34(18,22)28)19-11-31-17(12-35)13-37-19/h1-10,17,19,31,35H,11-13,28H2/p+1/t17-,19+,34?/m0/s1. The highest BCUT2D eigenvalue weighted by atomic mass is 19.4. The van der Waals surface area contributed by atoms with Crippen LogP contribution in [0.5, 0.6) is 0 Å². The van der Waals surface area contributed by atoms with Crippen LogP contribution in [0.3, 0.4) is 0 Å². The number of nitrogens with two attached hydrogens (primary N) is 1. The summed E-state index contributed by atoms with van der Waals surface area (Å²) >= 11 is 0. The number of aliphatic hydroxyl groups is 1. The summed E-state index contributed by atoms with van der Waals surface area (Å²) in [5.41, 5.74) is 1.16. The van der Waals surface area contributed by atoms with Crippen LogP contribution in [0.4, 0.5) is 19.0 Å². The van der Waals surface area contributed by atoms with Crippen LogP contribution in [0.2, 0.25) is 0 Å². The third kappa shape index (κ3) is 4.82. The molecular formula is C24H23F3N7O3+. The van der Waals surface area contributed by atoms with Gasteiger partial charge in [-0.1, -0.05) is 0 Å². The first-order valence-electron chi connectivity index (χ1n) is 11.3. The van der Waals surface area contributed by atoms with Crippen molar-refractivity contribution in [3.05, 3.63) is 83.1 Å². The summed E-state index contributed by atoms with van der Waals surface area (Å²) in [6.07, 6.45) is 0.890. The average molecular weight is 514 g/mol. The number of ether oxygens (including phenoxy) is 1. The number of fused-ring (bicyclic) bond motifs is 1. The second-order valence-corrected chi connectivity index (χ2v) is 8.63. The van der Waals surface area contributed by atoms with Crippen molar-refractivity contribution in [2.75, 3.05) is 25.1 Å². The van der Waals surface area contributed by atoms with Gasteiger partial charge < -0.3 is 20.5 Å². The van der Waals surface area contributed by atoms with Gasteiger partial charge in [-0.2, -0.15) is 24.0 Å². The molecule has 5 N–H and O–H groups in total. The molecule has 0 bridgehead atoms. The van der Waals surface area contributed by atoms with Gasteiger partial charge in [0, 0.05) is 18.3 Å². The number of morpholine rings is 1. The lowest BCUT2D eigenvalue weighted by molar-refractivity contribution is -0.750. The summed E-state index contributed by atoms with van der Waals surface area (Å²) in [5.74, 6) is 6.36. The minimum Gasteiger partial charge on any atom is -0.395 e. The van der Waals surface area contributed by atoms with Gasteiger partial charge >= 0.3 is 6.18 Å². The number of carbonyl (C=O) groups is 1. The number of nitrogens with zero attached hydrogens (tertiary/aromatic N) is 4. The van der Waals surface area contributed by atoms with Crippen LogP contribution in [0, 0.1) is 0 Å². The summed E-state index contributed by atoms with van der Waals surface area (Å²) in [5, 5.41) is 14.9. The molecule has 1 amide bonds. The number of aromatic nitrogens is 1. The van der Waals surface area contributed by atoms with Crippen LogP contribution >= 0.6 is 0 Å². The predicted molar refractivity (Wildman–Crippen MR) is 128 cm³/mol. The van der Waals surface area contributed by atoms with Crippen molar-refractivity contribution < 1.29 is 32.4 Å². The molecule has 0 spiro atoms. The van der Waals surface area contributed by atoms with Gasteiger partial charge in [0.15, 0.2) is 0 Å². The molecule has 1 unspecified atom stereocenters. The lowest BCUT2D eigenvalue weighted by atomic mass is 10.1. The molecule has 3 atom stereocenters. The lowest BCUT2D eigenvalue weighted by Crippen LogP contribution is -2.53. The number of nitrogens with one attached hydrogen (secondary N) is 2. The van der Waals surface area contributed by atoms with E-state index in [9.17, 15) is 23.1 Å². The molecule has 10 nitrogen and oxygen atoms in total. The molecule has 3 aliphatic rings. The molecule has 0 saturated carbocycles. The summed E-state index contributed by atoms with van der Waals surface area (Å²) in [6, 6.07) is 7.80. The third-order valence-electron chi connectivity index (χ3n) is 6.17. The van der Waals surface area contributed by atoms with Crippen molar-refractivity contribution in [3.63, 3.8) is 0 Å². The Kier molecular flexibility index (Phi) is 6.47. The van der Waals surface area contributed by atoms with Gasteiger partial charge in [-0.3, -0.25) is 9.79 Å². The molecule has 1 fully saturated rings. The minimum absolute atomic E-state index is 0.0437. The minimum atomic E-state index is -4.55. The Hall–Kier alpha value is -3.75. The van der Waals surface area contributed by atoms with Crippen LogP contribution in [0.1, 0.15) is 21.5 Å². The van der Waals surface area contributed by atoms with E-state index in [-0.39, 0.29) is 28.6 Å². The summed E-state index contributed by atoms with van der Waals surface area (Å²) < 4.78 is 44.5. The molecule has 0 radical (unpaired) electrons. The number of aliphatic imine (C=N–C) groups is 2. The normalized spacial score (nSPS) is 25.2. The number of hydrogen-bond acceptors (Lipinski definition) is 8. The van der Waals surface area contributed by atoms with Gasteiger partial charge in [-0.05, 0) is 36.4 Å². The Morgan fingerprint density at radius 3 is 2.73 bits per heavy atom. The fraction of sp³-hybridized carbons (Fsp3) is 0.250. The fourth-order valence-corrected chi connectivity index (χ4v) is 4.19. The Morgan fingerprint density at radius 1 is 1.27 bits per heavy atom. The summed E-state index contributed by atoms with van der Waals surface area (Å²) in [4.78, 5) is 25.4. The van der Waals surface area contributed by atoms with E-state index < -0.39 is 23.8 Å². The molecule has 3 aliphatic heterocycles. The molecule has 2 aromatic rings. The fourth-order valence-electron chi connectivity index (χ4n) is 4.19. The topological polar surface area (TPSA) is 134 Å². The van der Waals surface area contributed by atoms with Crippen molar-refractivity contribution in [1.29, 1.82) is 0 Å². The highest BCUT2D eigenvalue weighted by Gasteiger charge is 2.46. The largest absolute Gasteiger partial charge is 0.416 e. The van der Waals surface area contributed by atoms with Crippen molar-refractivity contribution in [2.45, 2.75) is 18.3 Å². The zero-order valence-electron chi connectivity index (χ0n) is 19.3. The van der Waals surface area contributed by atoms with Crippen LogP contribution in [-0.4, -0.2) is 64.5 Å². The molecule has 1 saturated heterocycles. The van der Waals surface area contributed by atoms with E-state index in [2.05, 4.69) is 20.6 Å². The predicted octanol–water partition coefficient (Wildman–Crippen LogP) is 1.92. The van der Waals surface area contributed by atoms with Crippen LogP contribution in [-0.2, 0) is 10.9 Å². The number of amidine groups is 1. The maximum atomic E-state index is 12.9. The zero-order chi connectivity index (χ0) is 26.2. The van der Waals surface area contributed by atoms with E-state index >= 15 is 0 Å². The number of pyridine rings is 1. The van der Waals surface area contributed by atoms with Gasteiger partial charge in [0.2, 0.25) is 5.70 Å². The molecule has 4 heterocycles. The molecule has 5 rings (SSSR count). The van der Waals surface area contributed by atoms with Crippen molar-refractivity contribution >= 4 is 23.8 Å².